The Morgan fingerprint density at radius 3 is 1.65 bits per heavy atom. The van der Waals surface area contributed by atoms with Crippen LogP contribution in [0.4, 0.5) is 0 Å². The Bertz CT molecular complexity index is 859. The predicted octanol–water partition coefficient (Wildman–Crippen LogP) is -4.10. The molecule has 0 amide bonds. The van der Waals surface area contributed by atoms with Crippen molar-refractivity contribution in [2.75, 3.05) is 94.1 Å². The number of rotatable bonds is 24. The molecule has 0 bridgehead atoms. The number of ether oxygens (including phenoxy) is 4. The van der Waals surface area contributed by atoms with Gasteiger partial charge in [0.2, 0.25) is 0 Å². The molecule has 0 spiro atoms. The molecule has 0 aliphatic heterocycles. The van der Waals surface area contributed by atoms with Crippen molar-refractivity contribution < 1.29 is 97.6 Å². The van der Waals surface area contributed by atoms with Gasteiger partial charge in [0.1, 0.15) is 6.54 Å². The molecule has 0 aromatic rings. The molecular weight excluding hydrogens is 687 g/mol. The van der Waals surface area contributed by atoms with Crippen LogP contribution >= 0.6 is 8.25 Å². The Balaban J connectivity index is -0.000000172. The van der Waals surface area contributed by atoms with Crippen molar-refractivity contribution in [2.45, 2.75) is 32.6 Å². The molecule has 0 aliphatic rings. The summed E-state index contributed by atoms with van der Waals surface area (Å²) in [5, 5.41) is 50.7. The van der Waals surface area contributed by atoms with Crippen molar-refractivity contribution in [2.24, 2.45) is 11.3 Å². The van der Waals surface area contributed by atoms with Crippen molar-refractivity contribution in [1.82, 2.24) is 4.90 Å². The van der Waals surface area contributed by atoms with E-state index in [1.807, 2.05) is 19.0 Å². The number of carboxylic acids is 4. The van der Waals surface area contributed by atoms with Gasteiger partial charge in [0, 0.05) is 6.54 Å². The van der Waals surface area contributed by atoms with Crippen molar-refractivity contribution >= 4 is 45.1 Å². The summed E-state index contributed by atoms with van der Waals surface area (Å²) in [7, 11) is 4.75. The first-order chi connectivity index (χ1) is 22.8. The van der Waals surface area contributed by atoms with Gasteiger partial charge in [-0.1, -0.05) is 4.57 Å². The molecule has 0 radical (unpaired) electrons. The Hall–Kier alpha value is -3.40. The molecule has 0 saturated carbocycles. The Kier molecular flexibility index (Phi) is 43.8. The van der Waals surface area contributed by atoms with Crippen molar-refractivity contribution in [1.29, 1.82) is 0 Å². The van der Waals surface area contributed by atoms with Crippen LogP contribution in [-0.2, 0) is 52.3 Å². The van der Waals surface area contributed by atoms with E-state index in [4.69, 9.17) is 54.5 Å². The van der Waals surface area contributed by atoms with E-state index in [1.54, 1.807) is 0 Å². The summed E-state index contributed by atoms with van der Waals surface area (Å²) in [6.45, 7) is 6.04. The number of nitrogens with one attached hydrogen (secondary N) is 1. The number of hydrogen-bond donors (Lipinski definition) is 7. The van der Waals surface area contributed by atoms with Gasteiger partial charge in [-0.05, 0) is 33.9 Å². The van der Waals surface area contributed by atoms with E-state index in [9.17, 15) is 28.8 Å². The molecular formula is C27H53N2O19P. The number of aliphatic hydroxyl groups is 2. The van der Waals surface area contributed by atoms with Crippen LogP contribution in [0, 0.1) is 11.3 Å². The number of hydrogen-bond acceptors (Lipinski definition) is 16. The van der Waals surface area contributed by atoms with E-state index in [0.29, 0.717) is 19.8 Å². The van der Waals surface area contributed by atoms with Gasteiger partial charge < -0.3 is 69.2 Å². The van der Waals surface area contributed by atoms with Gasteiger partial charge >= 0.3 is 23.9 Å². The molecule has 0 aliphatic carbocycles. The molecule has 0 saturated heterocycles. The van der Waals surface area contributed by atoms with E-state index in [0.717, 1.165) is 19.7 Å². The van der Waals surface area contributed by atoms with E-state index < -0.39 is 56.3 Å². The predicted molar refractivity (Wildman–Crippen MR) is 164 cm³/mol. The molecule has 0 fully saturated rings. The number of likely N-dealkylation sites (N-methyl/N-ethyl adjacent to an activating group) is 2. The topological polar surface area (TPSA) is 332 Å². The third kappa shape index (κ3) is 54.3. The van der Waals surface area contributed by atoms with Gasteiger partial charge in [0.05, 0.1) is 91.1 Å². The summed E-state index contributed by atoms with van der Waals surface area (Å²) in [5.41, 5.74) is -1.39. The third-order valence-corrected chi connectivity index (χ3v) is 5.22. The maximum atomic E-state index is 10.7. The number of quaternary nitrogens is 1. The highest BCUT2D eigenvalue weighted by Crippen LogP contribution is 2.26. The normalized spacial score (nSPS) is 11.6. The number of carbonyl (C=O) groups excluding carboxylic acids is 2. The molecule has 49 heavy (non-hydrogen) atoms. The second kappa shape index (κ2) is 39.0. The lowest BCUT2D eigenvalue weighted by atomic mass is 9.84. The van der Waals surface area contributed by atoms with E-state index >= 15 is 0 Å². The van der Waals surface area contributed by atoms with Crippen LogP contribution in [0.25, 0.3) is 0 Å². The first-order valence-electron chi connectivity index (χ1n) is 14.4. The van der Waals surface area contributed by atoms with Crippen molar-refractivity contribution in [3.8, 4) is 0 Å². The van der Waals surface area contributed by atoms with Crippen LogP contribution in [0.3, 0.4) is 0 Å². The van der Waals surface area contributed by atoms with E-state index in [2.05, 4.69) is 23.6 Å². The second-order valence-electron chi connectivity index (χ2n) is 10.2. The smallest absolute Gasteiger partial charge is 0.310 e. The summed E-state index contributed by atoms with van der Waals surface area (Å²) >= 11 is 0. The highest BCUT2D eigenvalue weighted by atomic mass is 31.1. The highest BCUT2D eigenvalue weighted by Gasteiger charge is 2.35. The molecule has 2 unspecified atom stereocenters. The zero-order chi connectivity index (χ0) is 39.3. The lowest BCUT2D eigenvalue weighted by Crippen LogP contribution is -3.06. The first-order valence-corrected chi connectivity index (χ1v) is 15.5. The Morgan fingerprint density at radius 2 is 1.31 bits per heavy atom. The average Bonchev–Trinajstić information content (AvgIpc) is 2.97. The number of carbonyl (C=O) groups is 6. The van der Waals surface area contributed by atoms with Gasteiger partial charge in [0.25, 0.3) is 21.2 Å². The highest BCUT2D eigenvalue weighted by molar-refractivity contribution is 7.27. The zero-order valence-corrected chi connectivity index (χ0v) is 29.4. The van der Waals surface area contributed by atoms with Crippen molar-refractivity contribution in [3.63, 3.8) is 0 Å². The lowest BCUT2D eigenvalue weighted by Gasteiger charge is -2.21. The molecule has 0 aromatic carbocycles. The molecule has 22 heteroatoms. The van der Waals surface area contributed by atoms with Gasteiger partial charge in [-0.2, -0.15) is 0 Å². The van der Waals surface area contributed by atoms with Crippen LogP contribution in [0.2, 0.25) is 0 Å². The molecule has 290 valence electrons. The summed E-state index contributed by atoms with van der Waals surface area (Å²) in [6, 6.07) is 0. The van der Waals surface area contributed by atoms with Crippen LogP contribution < -0.4 is 14.7 Å². The van der Waals surface area contributed by atoms with Crippen LogP contribution in [0.15, 0.2) is 0 Å². The minimum atomic E-state index is -3.37. The number of carboxylic acid groups (broad SMARTS) is 4. The number of aliphatic carboxylic acids is 4. The van der Waals surface area contributed by atoms with Crippen LogP contribution in [0.1, 0.15) is 32.6 Å². The third-order valence-electron chi connectivity index (χ3n) is 5.22. The maximum Gasteiger partial charge on any atom is 0.310 e. The molecule has 21 nitrogen and oxygen atoms in total. The summed E-state index contributed by atoms with van der Waals surface area (Å²) in [4.78, 5) is 81.6. The zero-order valence-electron chi connectivity index (χ0n) is 28.5. The largest absolute Gasteiger partial charge is 0.598 e. The van der Waals surface area contributed by atoms with Crippen LogP contribution in [0.5, 0.6) is 0 Å². The van der Waals surface area contributed by atoms with E-state index in [-0.39, 0.29) is 52.2 Å². The first kappa shape index (κ1) is 55.0. The second-order valence-corrected chi connectivity index (χ2v) is 10.6. The number of aliphatic hydroxyl groups excluding tert-OH is 2. The SMILES string of the molecule is CC(CCOC=O)(CC(=O)O)C(=O)O.CN(C)CCOCCO.C[NH+](C)CCOCCO.O=COCCC(CC(=O)O)C(=O)O.O=[P+]([O-])[O-]. The molecule has 2 atom stereocenters. The monoisotopic (exact) mass is 740 g/mol. The van der Waals surface area contributed by atoms with Crippen molar-refractivity contribution in [3.05, 3.63) is 0 Å². The fourth-order valence-corrected chi connectivity index (χ4v) is 2.58. The number of nitrogens with zero attached hydrogens (tertiary/aromatic N) is 1. The molecule has 0 heterocycles. The van der Waals surface area contributed by atoms with Gasteiger partial charge in [-0.3, -0.25) is 28.8 Å². The Morgan fingerprint density at radius 1 is 0.837 bits per heavy atom. The van der Waals surface area contributed by atoms with Gasteiger partial charge in [0.15, 0.2) is 0 Å². The summed E-state index contributed by atoms with van der Waals surface area (Å²) < 4.78 is 27.1. The van der Waals surface area contributed by atoms with Gasteiger partial charge in [-0.15, -0.1) is 0 Å². The summed E-state index contributed by atoms with van der Waals surface area (Å²) in [5.74, 6) is -5.79. The molecule has 0 rings (SSSR count). The Labute approximate surface area is 285 Å². The minimum absolute atomic E-state index is 0.0143. The fraction of sp³-hybridized carbons (Fsp3) is 0.778. The van der Waals surface area contributed by atoms with E-state index in [1.165, 1.54) is 11.8 Å². The molecule has 7 N–H and O–H groups in total. The quantitative estimate of drug-likeness (QED) is 0.0281. The maximum absolute atomic E-state index is 10.7. The lowest BCUT2D eigenvalue weighted by molar-refractivity contribution is -0.858. The average molecular weight is 741 g/mol. The van der Waals surface area contributed by atoms with Crippen LogP contribution in [-0.4, -0.2) is 166 Å². The minimum Gasteiger partial charge on any atom is -0.598 e. The summed E-state index contributed by atoms with van der Waals surface area (Å²) in [6.07, 6.45) is -0.962. The standard InChI is InChI=1S/C8H12O6.C7H10O6.2C6H15NO2.HO3P/c1-8(7(12)13,4-6(10)11)2-3-14-5-9;8-4-13-2-1-5(7(11)12)3-6(9)10;2*1-7(2)3-5-9-6-4-8;1-4(2)3/h5H,2-4H2,1H3,(H,10,11)(H,12,13);4-5H,1-3H2,(H,9,10)(H,11,12);2*8H,3-6H2,1-2H3;(H,1,2,3). The molecule has 0 aromatic heterocycles. The fourth-order valence-electron chi connectivity index (χ4n) is 2.58. The van der Waals surface area contributed by atoms with Gasteiger partial charge in [-0.25, -0.2) is 0 Å².